The Hall–Kier alpha value is -4.15. The standard InChI is InChI=1S/C29H20ClNO3/c1-34-26-16-11-18-7-5-6-10-21(18)22(26)13-15-25(32)28-27(19-8-3-2-4-9-19)23-17-20(30)12-14-24(23)31-29(28)33/h2-17H,1H3,(H,31,33). The van der Waals surface area contributed by atoms with E-state index in [9.17, 15) is 9.59 Å². The summed E-state index contributed by atoms with van der Waals surface area (Å²) in [4.78, 5) is 29.5. The van der Waals surface area contributed by atoms with Crippen molar-refractivity contribution >= 4 is 45.1 Å². The maximum Gasteiger partial charge on any atom is 0.260 e. The van der Waals surface area contributed by atoms with Crippen molar-refractivity contribution in [2.24, 2.45) is 0 Å². The van der Waals surface area contributed by atoms with Gasteiger partial charge in [-0.25, -0.2) is 0 Å². The normalized spacial score (nSPS) is 11.4. The van der Waals surface area contributed by atoms with Crippen LogP contribution in [0, 0.1) is 0 Å². The summed E-state index contributed by atoms with van der Waals surface area (Å²) in [6.45, 7) is 0. The highest BCUT2D eigenvalue weighted by molar-refractivity contribution is 6.31. The van der Waals surface area contributed by atoms with Gasteiger partial charge in [0.1, 0.15) is 5.75 Å². The van der Waals surface area contributed by atoms with E-state index in [4.69, 9.17) is 16.3 Å². The highest BCUT2D eigenvalue weighted by atomic mass is 35.5. The molecule has 5 aromatic rings. The zero-order valence-electron chi connectivity index (χ0n) is 18.3. The summed E-state index contributed by atoms with van der Waals surface area (Å²) in [5, 5.41) is 3.20. The maximum absolute atomic E-state index is 13.5. The van der Waals surface area contributed by atoms with Gasteiger partial charge in [0, 0.05) is 27.1 Å². The van der Waals surface area contributed by atoms with Gasteiger partial charge in [-0.15, -0.1) is 0 Å². The van der Waals surface area contributed by atoms with Crippen LogP contribution in [0.4, 0.5) is 0 Å². The molecule has 1 heterocycles. The first kappa shape index (κ1) is 21.7. The minimum absolute atomic E-state index is 0.0661. The predicted molar refractivity (Wildman–Crippen MR) is 139 cm³/mol. The third kappa shape index (κ3) is 3.89. The van der Waals surface area contributed by atoms with Crippen molar-refractivity contribution < 1.29 is 9.53 Å². The summed E-state index contributed by atoms with van der Waals surface area (Å²) in [6, 6.07) is 26.3. The van der Waals surface area contributed by atoms with Gasteiger partial charge in [-0.2, -0.15) is 0 Å². The molecule has 1 N–H and O–H groups in total. The average molecular weight is 466 g/mol. The number of carbonyl (C=O) groups is 1. The number of carbonyl (C=O) groups excluding carboxylic acids is 1. The van der Waals surface area contributed by atoms with Crippen molar-refractivity contribution in [3.05, 3.63) is 118 Å². The van der Waals surface area contributed by atoms with Gasteiger partial charge >= 0.3 is 0 Å². The van der Waals surface area contributed by atoms with E-state index >= 15 is 0 Å². The van der Waals surface area contributed by atoms with Gasteiger partial charge in [-0.1, -0.05) is 72.3 Å². The summed E-state index contributed by atoms with van der Waals surface area (Å²) in [5.41, 5.74) is 2.33. The van der Waals surface area contributed by atoms with Crippen LogP contribution in [0.3, 0.4) is 0 Å². The molecule has 0 unspecified atom stereocenters. The van der Waals surface area contributed by atoms with Crippen LogP contribution in [0.25, 0.3) is 38.9 Å². The number of aromatic amines is 1. The Morgan fingerprint density at radius 3 is 2.47 bits per heavy atom. The lowest BCUT2D eigenvalue weighted by atomic mass is 9.93. The van der Waals surface area contributed by atoms with E-state index in [-0.39, 0.29) is 5.56 Å². The molecule has 0 aliphatic carbocycles. The van der Waals surface area contributed by atoms with Gasteiger partial charge in [0.05, 0.1) is 12.7 Å². The van der Waals surface area contributed by atoms with Crippen LogP contribution in [0.2, 0.25) is 5.02 Å². The maximum atomic E-state index is 13.5. The fourth-order valence-corrected chi connectivity index (χ4v) is 4.45. The van der Waals surface area contributed by atoms with E-state index in [1.165, 1.54) is 6.08 Å². The Morgan fingerprint density at radius 1 is 0.912 bits per heavy atom. The third-order valence-corrected chi connectivity index (χ3v) is 6.07. The van der Waals surface area contributed by atoms with Crippen LogP contribution in [0.1, 0.15) is 15.9 Å². The highest BCUT2D eigenvalue weighted by Gasteiger charge is 2.19. The first-order valence-corrected chi connectivity index (χ1v) is 11.1. The zero-order valence-corrected chi connectivity index (χ0v) is 19.1. The monoisotopic (exact) mass is 465 g/mol. The largest absolute Gasteiger partial charge is 0.496 e. The molecule has 0 aliphatic rings. The van der Waals surface area contributed by atoms with Crippen LogP contribution in [-0.4, -0.2) is 17.9 Å². The number of halogens is 1. The SMILES string of the molecule is COc1ccc2ccccc2c1C=CC(=O)c1c(-c2ccccc2)c2cc(Cl)ccc2[nH]c1=O. The van der Waals surface area contributed by atoms with Crippen LogP contribution in [-0.2, 0) is 0 Å². The minimum Gasteiger partial charge on any atom is -0.496 e. The summed E-state index contributed by atoms with van der Waals surface area (Å²) in [5.74, 6) is 0.238. The quantitative estimate of drug-likeness (QED) is 0.227. The Bertz CT molecular complexity index is 1640. The molecule has 4 nitrogen and oxygen atoms in total. The number of methoxy groups -OCH3 is 1. The minimum atomic E-state index is -0.451. The molecule has 4 aromatic carbocycles. The molecule has 0 aliphatic heterocycles. The number of hydrogen-bond donors (Lipinski definition) is 1. The number of pyridine rings is 1. The molecule has 0 atom stereocenters. The van der Waals surface area contributed by atoms with Gasteiger partial charge in [-0.05, 0) is 52.8 Å². The average Bonchev–Trinajstić information content (AvgIpc) is 2.87. The van der Waals surface area contributed by atoms with Gasteiger partial charge in [0.25, 0.3) is 5.56 Å². The van der Waals surface area contributed by atoms with Gasteiger partial charge in [0.2, 0.25) is 0 Å². The number of aromatic nitrogens is 1. The molecule has 34 heavy (non-hydrogen) atoms. The van der Waals surface area contributed by atoms with E-state index in [0.717, 1.165) is 21.9 Å². The van der Waals surface area contributed by atoms with Crippen molar-refractivity contribution in [1.29, 1.82) is 0 Å². The number of hydrogen-bond acceptors (Lipinski definition) is 3. The first-order valence-electron chi connectivity index (χ1n) is 10.8. The lowest BCUT2D eigenvalue weighted by Gasteiger charge is -2.12. The summed E-state index contributed by atoms with van der Waals surface area (Å²) >= 11 is 6.28. The molecule has 0 radical (unpaired) electrons. The summed E-state index contributed by atoms with van der Waals surface area (Å²) in [6.07, 6.45) is 3.14. The number of ketones is 1. The molecule has 0 bridgehead atoms. The number of fused-ring (bicyclic) bond motifs is 2. The second kappa shape index (κ2) is 9.00. The predicted octanol–water partition coefficient (Wildman–Crippen LogP) is 6.91. The lowest BCUT2D eigenvalue weighted by molar-refractivity contribution is 0.104. The van der Waals surface area contributed by atoms with E-state index in [1.54, 1.807) is 31.4 Å². The Labute approximate surface area is 201 Å². The fourth-order valence-electron chi connectivity index (χ4n) is 4.27. The Morgan fingerprint density at radius 2 is 1.68 bits per heavy atom. The molecular weight excluding hydrogens is 446 g/mol. The molecule has 0 spiro atoms. The van der Waals surface area contributed by atoms with Gasteiger partial charge in [0.15, 0.2) is 5.78 Å². The molecule has 0 saturated heterocycles. The molecule has 1 aromatic heterocycles. The molecule has 0 amide bonds. The third-order valence-electron chi connectivity index (χ3n) is 5.84. The molecule has 0 saturated carbocycles. The van der Waals surface area contributed by atoms with Crippen LogP contribution < -0.4 is 10.3 Å². The van der Waals surface area contributed by atoms with E-state index in [1.807, 2.05) is 66.7 Å². The van der Waals surface area contributed by atoms with Crippen molar-refractivity contribution in [3.63, 3.8) is 0 Å². The molecular formula is C29H20ClNO3. The first-order chi connectivity index (χ1) is 16.6. The number of nitrogens with one attached hydrogen (secondary N) is 1. The zero-order chi connectivity index (χ0) is 23.7. The topological polar surface area (TPSA) is 59.2 Å². The van der Waals surface area contributed by atoms with E-state index < -0.39 is 11.3 Å². The number of H-pyrrole nitrogens is 1. The van der Waals surface area contributed by atoms with Crippen molar-refractivity contribution in [3.8, 4) is 16.9 Å². The fraction of sp³-hybridized carbons (Fsp3) is 0.0345. The van der Waals surface area contributed by atoms with E-state index in [0.29, 0.717) is 27.2 Å². The van der Waals surface area contributed by atoms with Crippen LogP contribution in [0.5, 0.6) is 5.75 Å². The highest BCUT2D eigenvalue weighted by Crippen LogP contribution is 2.33. The Balaban J connectivity index is 1.71. The van der Waals surface area contributed by atoms with Gasteiger partial charge < -0.3 is 9.72 Å². The van der Waals surface area contributed by atoms with Crippen LogP contribution >= 0.6 is 11.6 Å². The number of rotatable bonds is 5. The number of ether oxygens (including phenoxy) is 1. The van der Waals surface area contributed by atoms with E-state index in [2.05, 4.69) is 4.98 Å². The molecule has 166 valence electrons. The molecule has 5 rings (SSSR count). The van der Waals surface area contributed by atoms with Crippen molar-refractivity contribution in [1.82, 2.24) is 4.98 Å². The Kier molecular flexibility index (Phi) is 5.74. The molecule has 5 heteroatoms. The summed E-state index contributed by atoms with van der Waals surface area (Å²) < 4.78 is 5.53. The van der Waals surface area contributed by atoms with Gasteiger partial charge in [-0.3, -0.25) is 9.59 Å². The summed E-state index contributed by atoms with van der Waals surface area (Å²) in [7, 11) is 1.59. The van der Waals surface area contributed by atoms with Crippen molar-refractivity contribution in [2.75, 3.05) is 7.11 Å². The smallest absolute Gasteiger partial charge is 0.260 e. The second-order valence-electron chi connectivity index (χ2n) is 7.86. The van der Waals surface area contributed by atoms with Crippen LogP contribution in [0.15, 0.2) is 95.8 Å². The van der Waals surface area contributed by atoms with Crippen molar-refractivity contribution in [2.45, 2.75) is 0 Å². The second-order valence-corrected chi connectivity index (χ2v) is 8.30. The molecule has 0 fully saturated rings. The number of allylic oxidation sites excluding steroid dienone is 1. The number of benzene rings is 4. The lowest BCUT2D eigenvalue weighted by Crippen LogP contribution is -2.18.